The smallest absolute Gasteiger partial charge is 0.240 e. The minimum atomic E-state index is -3.47. The maximum Gasteiger partial charge on any atom is 0.240 e. The first kappa shape index (κ1) is 14.7. The Labute approximate surface area is 119 Å². The number of anilines is 1. The van der Waals surface area contributed by atoms with Crippen molar-refractivity contribution in [3.05, 3.63) is 23.8 Å². The highest BCUT2D eigenvalue weighted by Crippen LogP contribution is 2.42. The van der Waals surface area contributed by atoms with Crippen molar-refractivity contribution in [2.45, 2.75) is 35.8 Å². The van der Waals surface area contributed by atoms with E-state index in [4.69, 9.17) is 5.73 Å². The van der Waals surface area contributed by atoms with Crippen LogP contribution in [0.1, 0.15) is 24.8 Å². The Morgan fingerprint density at radius 1 is 1.37 bits per heavy atom. The highest BCUT2D eigenvalue weighted by molar-refractivity contribution is 8.00. The Balaban J connectivity index is 2.14. The van der Waals surface area contributed by atoms with Crippen molar-refractivity contribution < 1.29 is 8.42 Å². The van der Waals surface area contributed by atoms with Crippen molar-refractivity contribution in [2.24, 2.45) is 0 Å². The first-order valence-electron chi connectivity index (χ1n) is 6.29. The van der Waals surface area contributed by atoms with Gasteiger partial charge in [-0.2, -0.15) is 11.8 Å². The molecule has 1 aromatic carbocycles. The molecular weight excluding hydrogens is 280 g/mol. The molecule has 0 heterocycles. The molecule has 0 amide bonds. The Morgan fingerprint density at radius 3 is 2.53 bits per heavy atom. The molecule has 1 saturated carbocycles. The van der Waals surface area contributed by atoms with E-state index in [-0.39, 0.29) is 9.64 Å². The Morgan fingerprint density at radius 2 is 2.05 bits per heavy atom. The predicted molar refractivity (Wildman–Crippen MR) is 80.9 cm³/mol. The quantitative estimate of drug-likeness (QED) is 0.817. The van der Waals surface area contributed by atoms with E-state index in [1.807, 2.05) is 13.2 Å². The van der Waals surface area contributed by atoms with Crippen LogP contribution in [0.15, 0.2) is 23.1 Å². The van der Waals surface area contributed by atoms with Crippen LogP contribution in [-0.4, -0.2) is 26.0 Å². The van der Waals surface area contributed by atoms with Gasteiger partial charge in [0, 0.05) is 17.0 Å². The van der Waals surface area contributed by atoms with E-state index in [1.165, 1.54) is 12.5 Å². The summed E-state index contributed by atoms with van der Waals surface area (Å²) >= 11 is 1.75. The highest BCUT2D eigenvalue weighted by atomic mass is 32.2. The van der Waals surface area contributed by atoms with Crippen LogP contribution < -0.4 is 10.5 Å². The number of sulfonamides is 1. The van der Waals surface area contributed by atoms with Crippen molar-refractivity contribution in [2.75, 3.05) is 18.5 Å². The summed E-state index contributed by atoms with van der Waals surface area (Å²) in [6.07, 6.45) is 5.37. The average molecular weight is 300 g/mol. The first-order valence-corrected chi connectivity index (χ1v) is 9.00. The minimum Gasteiger partial charge on any atom is -0.399 e. The molecule has 4 nitrogen and oxygen atoms in total. The molecule has 0 aliphatic heterocycles. The summed E-state index contributed by atoms with van der Waals surface area (Å²) in [6.45, 7) is 2.33. The molecule has 0 unspecified atom stereocenters. The van der Waals surface area contributed by atoms with Gasteiger partial charge in [0.05, 0.1) is 4.90 Å². The SMILES string of the molecule is CSC1(CNS(=O)(=O)c2cc(C)cc(N)c2)CCC1. The van der Waals surface area contributed by atoms with Crippen molar-refractivity contribution in [1.29, 1.82) is 0 Å². The van der Waals surface area contributed by atoms with E-state index >= 15 is 0 Å². The standard InChI is InChI=1S/C13H20N2O2S2/c1-10-6-11(14)8-12(7-10)19(16,17)15-9-13(18-2)4-3-5-13/h6-8,15H,3-5,9,14H2,1-2H3. The summed E-state index contributed by atoms with van der Waals surface area (Å²) in [5.74, 6) is 0. The van der Waals surface area contributed by atoms with E-state index in [0.717, 1.165) is 18.4 Å². The highest BCUT2D eigenvalue weighted by Gasteiger charge is 2.37. The largest absolute Gasteiger partial charge is 0.399 e. The number of hydrogen-bond donors (Lipinski definition) is 2. The topological polar surface area (TPSA) is 72.2 Å². The van der Waals surface area contributed by atoms with Gasteiger partial charge in [0.2, 0.25) is 10.0 Å². The number of benzene rings is 1. The van der Waals surface area contributed by atoms with Gasteiger partial charge in [-0.15, -0.1) is 0 Å². The van der Waals surface area contributed by atoms with Crippen molar-refractivity contribution >= 4 is 27.5 Å². The van der Waals surface area contributed by atoms with Crippen LogP contribution in [-0.2, 0) is 10.0 Å². The molecule has 1 fully saturated rings. The molecule has 3 N–H and O–H groups in total. The zero-order valence-electron chi connectivity index (χ0n) is 11.3. The maximum absolute atomic E-state index is 12.3. The number of nitrogens with two attached hydrogens (primary N) is 1. The number of aryl methyl sites for hydroxylation is 1. The fraction of sp³-hybridized carbons (Fsp3) is 0.538. The van der Waals surface area contributed by atoms with Crippen molar-refractivity contribution in [3.8, 4) is 0 Å². The Hall–Kier alpha value is -0.720. The lowest BCUT2D eigenvalue weighted by atomic mass is 9.84. The van der Waals surface area contributed by atoms with Crippen LogP contribution in [0, 0.1) is 6.92 Å². The van der Waals surface area contributed by atoms with Gasteiger partial charge in [0.25, 0.3) is 0 Å². The summed E-state index contributed by atoms with van der Waals surface area (Å²) in [4.78, 5) is 0.251. The van der Waals surface area contributed by atoms with Gasteiger partial charge in [-0.3, -0.25) is 0 Å². The van der Waals surface area contributed by atoms with Gasteiger partial charge in [-0.25, -0.2) is 13.1 Å². The molecule has 106 valence electrons. The van der Waals surface area contributed by atoms with Gasteiger partial charge in [0.1, 0.15) is 0 Å². The van der Waals surface area contributed by atoms with Gasteiger partial charge in [0.15, 0.2) is 0 Å². The van der Waals surface area contributed by atoms with Crippen LogP contribution in [0.3, 0.4) is 0 Å². The zero-order chi connectivity index (χ0) is 14.1. The Bertz CT molecular complexity index is 540. The van der Waals surface area contributed by atoms with E-state index < -0.39 is 10.0 Å². The normalized spacial score (nSPS) is 18.0. The van der Waals surface area contributed by atoms with Crippen LogP contribution >= 0.6 is 11.8 Å². The molecule has 1 aromatic rings. The molecule has 6 heteroatoms. The second-order valence-electron chi connectivity index (χ2n) is 5.14. The van der Waals surface area contributed by atoms with Crippen molar-refractivity contribution in [3.63, 3.8) is 0 Å². The van der Waals surface area contributed by atoms with Crippen LogP contribution in [0.5, 0.6) is 0 Å². The lowest BCUT2D eigenvalue weighted by Gasteiger charge is -2.40. The van der Waals surface area contributed by atoms with Crippen LogP contribution in [0.25, 0.3) is 0 Å². The monoisotopic (exact) mass is 300 g/mol. The van der Waals surface area contributed by atoms with Gasteiger partial charge >= 0.3 is 0 Å². The molecule has 1 aliphatic rings. The molecule has 1 aliphatic carbocycles. The predicted octanol–water partition coefficient (Wildman–Crippen LogP) is 2.14. The molecule has 0 spiro atoms. The lowest BCUT2D eigenvalue weighted by Crippen LogP contribution is -2.45. The molecule has 0 aromatic heterocycles. The molecule has 0 saturated heterocycles. The number of nitrogen functional groups attached to an aromatic ring is 1. The minimum absolute atomic E-state index is 0.0858. The summed E-state index contributed by atoms with van der Waals surface area (Å²) in [5, 5.41) is 0. The number of hydrogen-bond acceptors (Lipinski definition) is 4. The van der Waals surface area contributed by atoms with E-state index in [9.17, 15) is 8.42 Å². The van der Waals surface area contributed by atoms with Crippen LogP contribution in [0.4, 0.5) is 5.69 Å². The molecule has 2 rings (SSSR count). The first-order chi connectivity index (χ1) is 8.87. The maximum atomic E-state index is 12.3. The lowest BCUT2D eigenvalue weighted by molar-refractivity contribution is 0.362. The van der Waals surface area contributed by atoms with E-state index in [0.29, 0.717) is 12.2 Å². The molecule has 0 atom stereocenters. The van der Waals surface area contributed by atoms with Crippen molar-refractivity contribution in [1.82, 2.24) is 4.72 Å². The molecule has 0 bridgehead atoms. The third kappa shape index (κ3) is 3.24. The summed E-state index contributed by atoms with van der Waals surface area (Å²) in [7, 11) is -3.47. The molecule has 19 heavy (non-hydrogen) atoms. The number of rotatable bonds is 5. The zero-order valence-corrected chi connectivity index (χ0v) is 12.9. The van der Waals surface area contributed by atoms with Crippen LogP contribution in [0.2, 0.25) is 0 Å². The second kappa shape index (κ2) is 5.34. The Kier molecular flexibility index (Phi) is 4.13. The third-order valence-electron chi connectivity index (χ3n) is 3.67. The summed E-state index contributed by atoms with van der Waals surface area (Å²) in [6, 6.07) is 4.90. The van der Waals surface area contributed by atoms with Gasteiger partial charge in [-0.05, 0) is 49.8 Å². The summed E-state index contributed by atoms with van der Waals surface area (Å²) in [5.41, 5.74) is 7.03. The van der Waals surface area contributed by atoms with E-state index in [2.05, 4.69) is 4.72 Å². The third-order valence-corrected chi connectivity index (χ3v) is 6.46. The van der Waals surface area contributed by atoms with Gasteiger partial charge in [-0.1, -0.05) is 6.42 Å². The van der Waals surface area contributed by atoms with Gasteiger partial charge < -0.3 is 5.73 Å². The average Bonchev–Trinajstić information content (AvgIpc) is 2.26. The molecule has 0 radical (unpaired) electrons. The molecular formula is C13H20N2O2S2. The fourth-order valence-corrected chi connectivity index (χ4v) is 4.54. The number of thioether (sulfide) groups is 1. The fourth-order valence-electron chi connectivity index (χ4n) is 2.27. The number of nitrogens with one attached hydrogen (secondary N) is 1. The summed E-state index contributed by atoms with van der Waals surface area (Å²) < 4.78 is 27.3. The van der Waals surface area contributed by atoms with E-state index in [1.54, 1.807) is 23.9 Å². The second-order valence-corrected chi connectivity index (χ2v) is 8.19.